The van der Waals surface area contributed by atoms with Gasteiger partial charge in [-0.05, 0) is 57.4 Å². The maximum absolute atomic E-state index is 13.1. The van der Waals surface area contributed by atoms with E-state index in [0.717, 1.165) is 30.4 Å². The molecule has 0 saturated carbocycles. The van der Waals surface area contributed by atoms with Crippen molar-refractivity contribution in [1.82, 2.24) is 24.8 Å². The molecule has 1 aliphatic rings. The van der Waals surface area contributed by atoms with E-state index in [9.17, 15) is 9.59 Å². The van der Waals surface area contributed by atoms with Gasteiger partial charge in [0.2, 0.25) is 5.91 Å². The molecule has 0 spiro atoms. The third-order valence-electron chi connectivity index (χ3n) is 5.73. The minimum absolute atomic E-state index is 0.0925. The maximum atomic E-state index is 13.1. The Hall–Kier alpha value is -3.22. The van der Waals surface area contributed by atoms with Gasteiger partial charge in [0.15, 0.2) is 0 Å². The molecule has 2 atom stereocenters. The van der Waals surface area contributed by atoms with Crippen molar-refractivity contribution in [2.24, 2.45) is 0 Å². The van der Waals surface area contributed by atoms with Crippen molar-refractivity contribution in [3.63, 3.8) is 0 Å². The van der Waals surface area contributed by atoms with E-state index >= 15 is 0 Å². The Labute approximate surface area is 176 Å². The van der Waals surface area contributed by atoms with Crippen LogP contribution in [0, 0.1) is 0 Å². The zero-order valence-corrected chi connectivity index (χ0v) is 17.4. The first-order valence-corrected chi connectivity index (χ1v) is 10.5. The van der Waals surface area contributed by atoms with Crippen LogP contribution in [-0.2, 0) is 11.3 Å². The number of benzene rings is 1. The number of imidazole rings is 1. The van der Waals surface area contributed by atoms with Crippen LogP contribution < -0.4 is 5.32 Å². The number of likely N-dealkylation sites (tertiary alicyclic amines) is 1. The fraction of sp³-hybridized carbons (Fsp3) is 0.391. The molecule has 4 rings (SSSR count). The number of fused-ring (bicyclic) bond motifs is 1. The van der Waals surface area contributed by atoms with E-state index in [2.05, 4.69) is 17.2 Å². The number of hydrogen-bond acceptors (Lipinski definition) is 4. The first-order chi connectivity index (χ1) is 14.5. The van der Waals surface area contributed by atoms with E-state index < -0.39 is 0 Å². The quantitative estimate of drug-likeness (QED) is 0.706. The van der Waals surface area contributed by atoms with Gasteiger partial charge in [0.05, 0.1) is 17.1 Å². The predicted octanol–water partition coefficient (Wildman–Crippen LogP) is 3.32. The molecule has 2 unspecified atom stereocenters. The Kier molecular flexibility index (Phi) is 5.79. The number of hydrogen-bond donors (Lipinski definition) is 1. The number of carbonyl (C=O) groups excluding carboxylic acids is 2. The second-order valence-electron chi connectivity index (χ2n) is 7.89. The molecule has 2 amide bonds. The third-order valence-corrected chi connectivity index (χ3v) is 5.73. The molecule has 3 heterocycles. The summed E-state index contributed by atoms with van der Waals surface area (Å²) in [5.41, 5.74) is 2.06. The van der Waals surface area contributed by atoms with Gasteiger partial charge in [0.25, 0.3) is 5.91 Å². The van der Waals surface area contributed by atoms with E-state index in [1.54, 1.807) is 24.4 Å². The molecular weight excluding hydrogens is 378 g/mol. The summed E-state index contributed by atoms with van der Waals surface area (Å²) in [6.45, 7) is 5.00. The standard InChI is InChI=1S/C23H27N5O2/c1-16-9-6-8-14-27(16)21(29)15-28-20-12-4-3-10-18(20)26-22(28)17(2)25-23(30)19-11-5-7-13-24-19/h3-5,7,10-13,16-17H,6,8-9,14-15H2,1-2H3,(H,25,30). The van der Waals surface area contributed by atoms with Gasteiger partial charge in [-0.1, -0.05) is 18.2 Å². The summed E-state index contributed by atoms with van der Waals surface area (Å²) in [6, 6.07) is 12.9. The molecule has 2 aromatic heterocycles. The Morgan fingerprint density at radius 1 is 1.17 bits per heavy atom. The topological polar surface area (TPSA) is 80.1 Å². The van der Waals surface area contributed by atoms with Crippen LogP contribution in [0.4, 0.5) is 0 Å². The molecule has 0 bridgehead atoms. The van der Waals surface area contributed by atoms with Gasteiger partial charge in [0, 0.05) is 18.8 Å². The number of aromatic nitrogens is 3. The van der Waals surface area contributed by atoms with E-state index in [1.807, 2.05) is 40.7 Å². The van der Waals surface area contributed by atoms with Crippen LogP contribution >= 0.6 is 0 Å². The van der Waals surface area contributed by atoms with E-state index in [4.69, 9.17) is 4.98 Å². The lowest BCUT2D eigenvalue weighted by Crippen LogP contribution is -2.44. The highest BCUT2D eigenvalue weighted by molar-refractivity contribution is 5.92. The van der Waals surface area contributed by atoms with Gasteiger partial charge in [-0.15, -0.1) is 0 Å². The van der Waals surface area contributed by atoms with Gasteiger partial charge >= 0.3 is 0 Å². The number of nitrogens with zero attached hydrogens (tertiary/aromatic N) is 4. The van der Waals surface area contributed by atoms with Crippen LogP contribution in [-0.4, -0.2) is 43.8 Å². The minimum atomic E-state index is -0.376. The van der Waals surface area contributed by atoms with Crippen molar-refractivity contribution >= 4 is 22.8 Å². The Morgan fingerprint density at radius 3 is 2.73 bits per heavy atom. The average Bonchev–Trinajstić information content (AvgIpc) is 3.13. The molecule has 0 aliphatic carbocycles. The molecule has 1 fully saturated rings. The van der Waals surface area contributed by atoms with Crippen LogP contribution in [0.2, 0.25) is 0 Å². The first-order valence-electron chi connectivity index (χ1n) is 10.5. The van der Waals surface area contributed by atoms with Gasteiger partial charge in [-0.3, -0.25) is 14.6 Å². The molecule has 3 aromatic rings. The molecule has 0 radical (unpaired) electrons. The van der Waals surface area contributed by atoms with Crippen molar-refractivity contribution in [1.29, 1.82) is 0 Å². The van der Waals surface area contributed by atoms with Gasteiger partial charge in [0.1, 0.15) is 18.1 Å². The Balaban J connectivity index is 1.61. The Morgan fingerprint density at radius 2 is 1.97 bits per heavy atom. The number of nitrogens with one attached hydrogen (secondary N) is 1. The number of carbonyl (C=O) groups is 2. The molecule has 7 heteroatoms. The summed E-state index contributed by atoms with van der Waals surface area (Å²) in [6.07, 6.45) is 4.85. The summed E-state index contributed by atoms with van der Waals surface area (Å²) in [5.74, 6) is 0.492. The first kappa shape index (κ1) is 20.1. The molecule has 1 aliphatic heterocycles. The zero-order valence-electron chi connectivity index (χ0n) is 17.4. The van der Waals surface area contributed by atoms with Crippen molar-refractivity contribution in [2.75, 3.05) is 6.54 Å². The van der Waals surface area contributed by atoms with E-state index in [1.165, 1.54) is 6.42 Å². The molecule has 1 N–H and O–H groups in total. The van der Waals surface area contributed by atoms with Crippen LogP contribution in [0.25, 0.3) is 11.0 Å². The molecule has 156 valence electrons. The number of para-hydroxylation sites is 2. The van der Waals surface area contributed by atoms with E-state index in [-0.39, 0.29) is 30.4 Å². The summed E-state index contributed by atoms with van der Waals surface area (Å²) < 4.78 is 1.93. The predicted molar refractivity (Wildman–Crippen MR) is 115 cm³/mol. The van der Waals surface area contributed by atoms with Crippen molar-refractivity contribution < 1.29 is 9.59 Å². The van der Waals surface area contributed by atoms with Gasteiger partial charge in [-0.2, -0.15) is 0 Å². The van der Waals surface area contributed by atoms with Crippen LogP contribution in [0.3, 0.4) is 0 Å². The summed E-state index contributed by atoms with van der Waals surface area (Å²) in [5, 5.41) is 2.97. The Bertz CT molecular complexity index is 1050. The molecule has 1 saturated heterocycles. The van der Waals surface area contributed by atoms with Crippen molar-refractivity contribution in [3.8, 4) is 0 Å². The van der Waals surface area contributed by atoms with Crippen molar-refractivity contribution in [2.45, 2.75) is 51.7 Å². The fourth-order valence-corrected chi connectivity index (χ4v) is 4.12. The normalized spacial score (nSPS) is 17.7. The summed E-state index contributed by atoms with van der Waals surface area (Å²) in [7, 11) is 0. The van der Waals surface area contributed by atoms with Gasteiger partial charge < -0.3 is 14.8 Å². The lowest BCUT2D eigenvalue weighted by Gasteiger charge is -2.33. The van der Waals surface area contributed by atoms with Crippen molar-refractivity contribution in [3.05, 3.63) is 60.2 Å². The zero-order chi connectivity index (χ0) is 21.1. The monoisotopic (exact) mass is 405 g/mol. The van der Waals surface area contributed by atoms with E-state index in [0.29, 0.717) is 11.5 Å². The molecular formula is C23H27N5O2. The molecule has 1 aromatic carbocycles. The van der Waals surface area contributed by atoms with Crippen LogP contribution in [0.15, 0.2) is 48.7 Å². The molecule has 30 heavy (non-hydrogen) atoms. The lowest BCUT2D eigenvalue weighted by atomic mass is 10.0. The summed E-state index contributed by atoms with van der Waals surface area (Å²) >= 11 is 0. The highest BCUT2D eigenvalue weighted by Crippen LogP contribution is 2.23. The number of piperidine rings is 1. The smallest absolute Gasteiger partial charge is 0.270 e. The fourth-order valence-electron chi connectivity index (χ4n) is 4.12. The number of rotatable bonds is 5. The number of amides is 2. The third kappa shape index (κ3) is 4.06. The largest absolute Gasteiger partial charge is 0.341 e. The summed E-state index contributed by atoms with van der Waals surface area (Å²) in [4.78, 5) is 36.5. The SMILES string of the molecule is CC(NC(=O)c1ccccn1)c1nc2ccccc2n1CC(=O)N1CCCCC1C. The highest BCUT2D eigenvalue weighted by atomic mass is 16.2. The average molecular weight is 406 g/mol. The number of pyridine rings is 1. The maximum Gasteiger partial charge on any atom is 0.270 e. The highest BCUT2D eigenvalue weighted by Gasteiger charge is 2.26. The minimum Gasteiger partial charge on any atom is -0.341 e. The second kappa shape index (κ2) is 8.65. The van der Waals surface area contributed by atoms with Crippen LogP contribution in [0.1, 0.15) is 55.5 Å². The second-order valence-corrected chi connectivity index (χ2v) is 7.89. The van der Waals surface area contributed by atoms with Crippen LogP contribution in [0.5, 0.6) is 0 Å². The lowest BCUT2D eigenvalue weighted by molar-refractivity contribution is -0.135. The molecule has 7 nitrogen and oxygen atoms in total. The van der Waals surface area contributed by atoms with Gasteiger partial charge in [-0.25, -0.2) is 4.98 Å².